The molecule has 1 saturated carbocycles. The average molecular weight is 574 g/mol. The number of carbonyl (C=O) groups is 2. The van der Waals surface area contributed by atoms with Gasteiger partial charge in [-0.25, -0.2) is 9.59 Å². The van der Waals surface area contributed by atoms with Crippen molar-refractivity contribution in [3.8, 4) is 17.2 Å². The van der Waals surface area contributed by atoms with Crippen LogP contribution in [0.4, 0.5) is 16.3 Å². The zero-order valence-electron chi connectivity index (χ0n) is 21.2. The van der Waals surface area contributed by atoms with Gasteiger partial charge in [0, 0.05) is 5.69 Å². The molecule has 204 valence electrons. The Hall–Kier alpha value is -3.83. The van der Waals surface area contributed by atoms with Crippen molar-refractivity contribution in [2.45, 2.75) is 51.4 Å². The van der Waals surface area contributed by atoms with Crippen LogP contribution in [0.15, 0.2) is 33.9 Å². The largest absolute Gasteiger partial charge is 0.454 e. The Morgan fingerprint density at radius 3 is 2.51 bits per heavy atom. The maximum Gasteiger partial charge on any atom is 0.413 e. The van der Waals surface area contributed by atoms with Gasteiger partial charge in [0.2, 0.25) is 11.7 Å². The maximum atomic E-state index is 12.6. The van der Waals surface area contributed by atoms with Crippen LogP contribution >= 0.6 is 23.2 Å². The Kier molecular flexibility index (Phi) is 7.13. The van der Waals surface area contributed by atoms with E-state index < -0.39 is 28.6 Å². The highest BCUT2D eigenvalue weighted by Crippen LogP contribution is 2.53. The lowest BCUT2D eigenvalue weighted by atomic mass is 9.65. The number of carbonyl (C=O) groups excluding carboxylic acids is 2. The summed E-state index contributed by atoms with van der Waals surface area (Å²) in [4.78, 5) is 51.4. The van der Waals surface area contributed by atoms with Gasteiger partial charge in [0.1, 0.15) is 5.75 Å². The number of rotatable bonds is 7. The highest BCUT2D eigenvalue weighted by Gasteiger charge is 2.51. The zero-order chi connectivity index (χ0) is 27.9. The van der Waals surface area contributed by atoms with E-state index in [0.29, 0.717) is 12.2 Å². The van der Waals surface area contributed by atoms with Gasteiger partial charge < -0.3 is 14.8 Å². The number of aryl methyl sites for hydroxylation is 1. The highest BCUT2D eigenvalue weighted by atomic mass is 35.5. The number of aromatic nitrogens is 3. The van der Waals surface area contributed by atoms with Crippen LogP contribution in [0.2, 0.25) is 10.0 Å². The van der Waals surface area contributed by atoms with Crippen molar-refractivity contribution in [2.75, 3.05) is 17.2 Å². The number of hydrogen-bond donors (Lipinski definition) is 3. The normalized spacial score (nSPS) is 14.9. The maximum absolute atomic E-state index is 12.6. The van der Waals surface area contributed by atoms with E-state index >= 15 is 0 Å². The zero-order valence-corrected chi connectivity index (χ0v) is 22.7. The van der Waals surface area contributed by atoms with Gasteiger partial charge in [-0.05, 0) is 61.6 Å². The monoisotopic (exact) mass is 573 g/mol. The molecule has 1 aliphatic heterocycles. The number of aromatic amines is 1. The minimum atomic E-state index is -0.898. The molecule has 11 nitrogen and oxygen atoms in total. The Balaban J connectivity index is 1.44. The lowest BCUT2D eigenvalue weighted by Gasteiger charge is -2.36. The van der Waals surface area contributed by atoms with Crippen LogP contribution in [0, 0.1) is 6.92 Å². The molecule has 0 atom stereocenters. The molecule has 0 saturated heterocycles. The third kappa shape index (κ3) is 4.87. The van der Waals surface area contributed by atoms with E-state index in [9.17, 15) is 19.2 Å². The molecule has 3 aromatic rings. The standard InChI is InChI=1S/C26H25Cl2N5O6/c1-3-4-8-38-25(37)30-21-22(34)31-24(36)33(32-21)14-10-16(27)20(17(28)11-14)39-19-12-15-18(9-13(19)2)29-23(35)26(15)6-5-7-26/h9-12H,3-8H2,1-2H3,(H,29,35)(H,30,32,37)(H,31,34,36). The van der Waals surface area contributed by atoms with Gasteiger partial charge in [-0.15, -0.1) is 5.10 Å². The summed E-state index contributed by atoms with van der Waals surface area (Å²) >= 11 is 13.0. The summed E-state index contributed by atoms with van der Waals surface area (Å²) in [6, 6.07) is 6.48. The molecule has 2 aromatic carbocycles. The summed E-state index contributed by atoms with van der Waals surface area (Å²) in [5, 5.41) is 9.28. The van der Waals surface area contributed by atoms with Crippen LogP contribution in [-0.2, 0) is 14.9 Å². The topological polar surface area (TPSA) is 144 Å². The highest BCUT2D eigenvalue weighted by molar-refractivity contribution is 6.37. The number of fused-ring (bicyclic) bond motifs is 2. The molecule has 1 aromatic heterocycles. The lowest BCUT2D eigenvalue weighted by Crippen LogP contribution is -2.40. The van der Waals surface area contributed by atoms with Crippen LogP contribution in [0.25, 0.3) is 5.69 Å². The van der Waals surface area contributed by atoms with Crippen molar-refractivity contribution in [1.29, 1.82) is 0 Å². The molecular formula is C26H25Cl2N5O6. The van der Waals surface area contributed by atoms with E-state index in [-0.39, 0.29) is 34.0 Å². The van der Waals surface area contributed by atoms with Gasteiger partial charge in [-0.1, -0.05) is 43.0 Å². The van der Waals surface area contributed by atoms with E-state index in [1.54, 1.807) is 0 Å². The summed E-state index contributed by atoms with van der Waals surface area (Å²) in [6.45, 7) is 3.95. The molecule has 2 amide bonds. The lowest BCUT2D eigenvalue weighted by molar-refractivity contribution is -0.123. The molecule has 1 aliphatic carbocycles. The van der Waals surface area contributed by atoms with Crippen molar-refractivity contribution in [2.24, 2.45) is 0 Å². The molecule has 2 aliphatic rings. The number of halogens is 2. The number of amides is 2. The summed E-state index contributed by atoms with van der Waals surface area (Å²) in [7, 11) is 0. The molecule has 3 N–H and O–H groups in total. The minimum absolute atomic E-state index is 0.00245. The summed E-state index contributed by atoms with van der Waals surface area (Å²) in [5.41, 5.74) is 0.258. The number of hydrogen-bond acceptors (Lipinski definition) is 7. The van der Waals surface area contributed by atoms with Crippen molar-refractivity contribution in [3.63, 3.8) is 0 Å². The third-order valence-corrected chi connectivity index (χ3v) is 7.50. The SMILES string of the molecule is CCCCOC(=O)Nc1nn(-c2cc(Cl)c(Oc3cc4c(cc3C)NC(=O)C43CCC3)c(Cl)c2)c(=O)[nH]c1=O. The molecule has 2 heterocycles. The second-order valence-electron chi connectivity index (χ2n) is 9.53. The van der Waals surface area contributed by atoms with Crippen LogP contribution in [0.1, 0.15) is 50.2 Å². The first-order valence-electron chi connectivity index (χ1n) is 12.4. The van der Waals surface area contributed by atoms with E-state index in [4.69, 9.17) is 32.7 Å². The number of ether oxygens (including phenoxy) is 2. The van der Waals surface area contributed by atoms with E-state index in [1.807, 2.05) is 26.0 Å². The number of anilines is 2. The Labute approximate surface area is 232 Å². The molecule has 13 heteroatoms. The summed E-state index contributed by atoms with van der Waals surface area (Å²) in [6.07, 6.45) is 3.13. The van der Waals surface area contributed by atoms with Crippen LogP contribution in [-0.4, -0.2) is 33.4 Å². The number of benzene rings is 2. The predicted octanol–water partition coefficient (Wildman–Crippen LogP) is 5.05. The van der Waals surface area contributed by atoms with Crippen molar-refractivity contribution < 1.29 is 19.1 Å². The second-order valence-corrected chi connectivity index (χ2v) is 10.3. The van der Waals surface area contributed by atoms with Gasteiger partial charge >= 0.3 is 11.8 Å². The molecule has 39 heavy (non-hydrogen) atoms. The predicted molar refractivity (Wildman–Crippen MR) is 146 cm³/mol. The Bertz CT molecular complexity index is 1590. The molecule has 0 unspecified atom stereocenters. The number of nitrogens with one attached hydrogen (secondary N) is 3. The third-order valence-electron chi connectivity index (χ3n) is 6.94. The van der Waals surface area contributed by atoms with Gasteiger partial charge in [0.15, 0.2) is 5.75 Å². The quantitative estimate of drug-likeness (QED) is 0.335. The minimum Gasteiger partial charge on any atom is -0.454 e. The molecule has 1 spiro atoms. The summed E-state index contributed by atoms with van der Waals surface area (Å²) < 4.78 is 11.9. The molecule has 0 radical (unpaired) electrons. The fourth-order valence-corrected chi connectivity index (χ4v) is 5.22. The molecule has 5 rings (SSSR count). The van der Waals surface area contributed by atoms with Crippen LogP contribution in [0.5, 0.6) is 11.5 Å². The van der Waals surface area contributed by atoms with Gasteiger partial charge in [-0.3, -0.25) is 19.9 Å². The van der Waals surface area contributed by atoms with E-state index in [2.05, 4.69) is 20.7 Å². The first kappa shape index (κ1) is 26.8. The number of H-pyrrole nitrogens is 1. The van der Waals surface area contributed by atoms with Crippen LogP contribution in [0.3, 0.4) is 0 Å². The van der Waals surface area contributed by atoms with Gasteiger partial charge in [0.25, 0.3) is 5.56 Å². The number of nitrogens with zero attached hydrogens (tertiary/aromatic N) is 2. The van der Waals surface area contributed by atoms with Crippen molar-refractivity contribution in [1.82, 2.24) is 14.8 Å². The van der Waals surface area contributed by atoms with Crippen LogP contribution < -0.4 is 26.6 Å². The van der Waals surface area contributed by atoms with Gasteiger partial charge in [0.05, 0.1) is 27.8 Å². The molecular weight excluding hydrogens is 549 g/mol. The fourth-order valence-electron chi connectivity index (χ4n) is 4.66. The summed E-state index contributed by atoms with van der Waals surface area (Å²) in [5.74, 6) is 0.189. The van der Waals surface area contributed by atoms with Gasteiger partial charge in [-0.2, -0.15) is 4.68 Å². The molecule has 0 bridgehead atoms. The fraction of sp³-hybridized carbons (Fsp3) is 0.346. The Morgan fingerprint density at radius 2 is 1.87 bits per heavy atom. The molecule has 1 fully saturated rings. The smallest absolute Gasteiger partial charge is 0.413 e. The van der Waals surface area contributed by atoms with Crippen molar-refractivity contribution in [3.05, 3.63) is 66.3 Å². The van der Waals surface area contributed by atoms with Crippen molar-refractivity contribution >= 4 is 46.7 Å². The first-order chi connectivity index (χ1) is 18.6. The van der Waals surface area contributed by atoms with E-state index in [1.165, 1.54) is 12.1 Å². The van der Waals surface area contributed by atoms with E-state index in [0.717, 1.165) is 47.2 Å². The second kappa shape index (κ2) is 10.4. The Morgan fingerprint density at radius 1 is 1.15 bits per heavy atom. The number of unbranched alkanes of at least 4 members (excludes halogenated alkanes) is 1. The first-order valence-corrected chi connectivity index (χ1v) is 13.2. The average Bonchev–Trinajstić information content (AvgIpc) is 3.13.